The van der Waals surface area contributed by atoms with Crippen LogP contribution in [-0.2, 0) is 32.1 Å². The number of anilines is 1. The number of esters is 1. The highest BCUT2D eigenvalue weighted by molar-refractivity contribution is 5.95. The van der Waals surface area contributed by atoms with Crippen molar-refractivity contribution in [1.29, 1.82) is 0 Å². The lowest BCUT2D eigenvalue weighted by Gasteiger charge is -2.15. The minimum Gasteiger partial charge on any atom is -0.469 e. The number of aryl methyl sites for hydroxylation is 2. The summed E-state index contributed by atoms with van der Waals surface area (Å²) in [5.41, 5.74) is 9.47. The number of benzene rings is 2. The van der Waals surface area contributed by atoms with E-state index in [1.54, 1.807) is 12.1 Å². The molecule has 8 heteroatoms. The van der Waals surface area contributed by atoms with Gasteiger partial charge in [-0.15, -0.1) is 0 Å². The Balaban J connectivity index is 1.70. The molecule has 2 aromatic carbocycles. The van der Waals surface area contributed by atoms with Crippen LogP contribution in [-0.4, -0.2) is 37.7 Å². The number of rotatable bonds is 11. The molecule has 2 aromatic rings. The van der Waals surface area contributed by atoms with Crippen molar-refractivity contribution in [2.45, 2.75) is 45.3 Å². The molecule has 2 amide bonds. The van der Waals surface area contributed by atoms with Gasteiger partial charge in [0.15, 0.2) is 0 Å². The molecule has 0 aliphatic rings. The Hall–Kier alpha value is -3.39. The van der Waals surface area contributed by atoms with Crippen molar-refractivity contribution in [1.82, 2.24) is 5.32 Å². The van der Waals surface area contributed by atoms with Gasteiger partial charge in [-0.25, -0.2) is 4.79 Å². The number of amides is 2. The number of carbonyl (C=O) groups excluding carboxylic acids is 3. The highest BCUT2D eigenvalue weighted by atomic mass is 16.5. The zero-order valence-electron chi connectivity index (χ0n) is 18.6. The van der Waals surface area contributed by atoms with Gasteiger partial charge in [0.2, 0.25) is 5.91 Å². The number of methoxy groups -OCH3 is 1. The number of nitrogens with two attached hydrogens (primary N) is 1. The minimum absolute atomic E-state index is 0.199. The second kappa shape index (κ2) is 13.1. The molecular weight excluding hydrogens is 410 g/mol. The Morgan fingerprint density at radius 2 is 1.88 bits per heavy atom. The third kappa shape index (κ3) is 8.77. The summed E-state index contributed by atoms with van der Waals surface area (Å²) in [5, 5.41) is 5.48. The number of nitrogens with one attached hydrogen (secondary N) is 2. The van der Waals surface area contributed by atoms with Crippen molar-refractivity contribution in [2.24, 2.45) is 5.73 Å². The molecular formula is C24H31N3O5. The zero-order valence-corrected chi connectivity index (χ0v) is 18.6. The maximum atomic E-state index is 12.4. The number of hydrogen-bond acceptors (Lipinski definition) is 6. The van der Waals surface area contributed by atoms with Gasteiger partial charge in [0.05, 0.1) is 13.2 Å². The van der Waals surface area contributed by atoms with Gasteiger partial charge in [-0.3, -0.25) is 9.59 Å². The Bertz CT molecular complexity index is 916. The van der Waals surface area contributed by atoms with E-state index >= 15 is 0 Å². The average Bonchev–Trinajstić information content (AvgIpc) is 2.79. The van der Waals surface area contributed by atoms with Crippen LogP contribution in [0.3, 0.4) is 0 Å². The molecule has 0 saturated carbocycles. The van der Waals surface area contributed by atoms with Crippen molar-refractivity contribution < 1.29 is 23.9 Å². The highest BCUT2D eigenvalue weighted by Crippen LogP contribution is 2.17. The Kier molecular flexibility index (Phi) is 10.2. The predicted molar refractivity (Wildman–Crippen MR) is 122 cm³/mol. The van der Waals surface area contributed by atoms with Crippen molar-refractivity contribution in [3.8, 4) is 0 Å². The van der Waals surface area contributed by atoms with E-state index < -0.39 is 12.1 Å². The molecule has 32 heavy (non-hydrogen) atoms. The molecule has 0 saturated heterocycles. The van der Waals surface area contributed by atoms with Gasteiger partial charge in [0, 0.05) is 18.7 Å². The normalized spacial score (nSPS) is 11.3. The SMILES string of the molecule is COC(=O)CCc1ccccc1NC(=O)[C@@H](N)CCCNC(=O)OCc1cccc(C)c1. The second-order valence-corrected chi connectivity index (χ2v) is 7.46. The summed E-state index contributed by atoms with van der Waals surface area (Å²) < 4.78 is 9.84. The van der Waals surface area contributed by atoms with Gasteiger partial charge < -0.3 is 25.8 Å². The summed E-state index contributed by atoms with van der Waals surface area (Å²) in [6.07, 6.45) is 1.09. The molecule has 0 spiro atoms. The second-order valence-electron chi connectivity index (χ2n) is 7.46. The maximum Gasteiger partial charge on any atom is 0.407 e. The molecule has 0 aliphatic heterocycles. The lowest BCUT2D eigenvalue weighted by Crippen LogP contribution is -2.36. The van der Waals surface area contributed by atoms with E-state index in [1.807, 2.05) is 43.3 Å². The Morgan fingerprint density at radius 3 is 2.62 bits per heavy atom. The van der Waals surface area contributed by atoms with Crippen molar-refractivity contribution >= 4 is 23.7 Å². The first-order chi connectivity index (χ1) is 15.4. The van der Waals surface area contributed by atoms with Crippen LogP contribution in [0.2, 0.25) is 0 Å². The topological polar surface area (TPSA) is 120 Å². The van der Waals surface area contributed by atoms with Crippen LogP contribution in [0.5, 0.6) is 0 Å². The van der Waals surface area contributed by atoms with Gasteiger partial charge in [-0.05, 0) is 43.4 Å². The van der Waals surface area contributed by atoms with E-state index in [4.69, 9.17) is 10.5 Å². The first-order valence-corrected chi connectivity index (χ1v) is 10.6. The van der Waals surface area contributed by atoms with Crippen LogP contribution in [0.15, 0.2) is 48.5 Å². The van der Waals surface area contributed by atoms with E-state index in [0.717, 1.165) is 16.7 Å². The summed E-state index contributed by atoms with van der Waals surface area (Å²) in [4.78, 5) is 35.6. The van der Waals surface area contributed by atoms with Crippen molar-refractivity contribution in [3.05, 3.63) is 65.2 Å². The van der Waals surface area contributed by atoms with Crippen LogP contribution in [0, 0.1) is 6.92 Å². The number of alkyl carbamates (subject to hydrolysis) is 1. The van der Waals surface area contributed by atoms with E-state index in [1.165, 1.54) is 7.11 Å². The molecule has 2 rings (SSSR count). The molecule has 0 bridgehead atoms. The maximum absolute atomic E-state index is 12.4. The van der Waals surface area contributed by atoms with Gasteiger partial charge in [0.25, 0.3) is 0 Å². The van der Waals surface area contributed by atoms with Crippen LogP contribution < -0.4 is 16.4 Å². The summed E-state index contributed by atoms with van der Waals surface area (Å²) in [6, 6.07) is 14.3. The Labute approximate surface area is 188 Å². The lowest BCUT2D eigenvalue weighted by atomic mass is 10.1. The van der Waals surface area contributed by atoms with Crippen molar-refractivity contribution in [2.75, 3.05) is 19.0 Å². The predicted octanol–water partition coefficient (Wildman–Crippen LogP) is 3.07. The fraction of sp³-hybridized carbons (Fsp3) is 0.375. The van der Waals surface area contributed by atoms with Gasteiger partial charge in [-0.2, -0.15) is 0 Å². The van der Waals surface area contributed by atoms with Crippen LogP contribution in [0.25, 0.3) is 0 Å². The molecule has 0 aliphatic carbocycles. The van der Waals surface area contributed by atoms with E-state index in [9.17, 15) is 14.4 Å². The molecule has 0 radical (unpaired) electrons. The van der Waals surface area contributed by atoms with Crippen LogP contribution in [0.4, 0.5) is 10.5 Å². The van der Waals surface area contributed by atoms with Crippen molar-refractivity contribution in [3.63, 3.8) is 0 Å². The summed E-state index contributed by atoms with van der Waals surface area (Å²) >= 11 is 0. The zero-order chi connectivity index (χ0) is 23.3. The number of hydrogen-bond donors (Lipinski definition) is 3. The molecule has 0 heterocycles. The quantitative estimate of drug-likeness (QED) is 0.364. The first-order valence-electron chi connectivity index (χ1n) is 10.6. The average molecular weight is 442 g/mol. The monoisotopic (exact) mass is 441 g/mol. The lowest BCUT2D eigenvalue weighted by molar-refractivity contribution is -0.140. The minimum atomic E-state index is -0.728. The van der Waals surface area contributed by atoms with E-state index in [0.29, 0.717) is 31.5 Å². The molecule has 4 N–H and O–H groups in total. The van der Waals surface area contributed by atoms with Gasteiger partial charge >= 0.3 is 12.1 Å². The third-order valence-corrected chi connectivity index (χ3v) is 4.85. The molecule has 0 fully saturated rings. The standard InChI is InChI=1S/C24H31N3O5/c1-17-7-5-8-18(15-17)16-32-24(30)26-14-6-10-20(25)23(29)27-21-11-4-3-9-19(21)12-13-22(28)31-2/h3-5,7-9,11,15,20H,6,10,12-14,16,25H2,1-2H3,(H,26,30)(H,27,29)/t20-/m0/s1. The Morgan fingerprint density at radius 1 is 1.09 bits per heavy atom. The first kappa shape index (κ1) is 24.9. The number of para-hydroxylation sites is 1. The fourth-order valence-corrected chi connectivity index (χ4v) is 3.07. The third-order valence-electron chi connectivity index (χ3n) is 4.85. The van der Waals surface area contributed by atoms with Gasteiger partial charge in [-0.1, -0.05) is 48.0 Å². The molecule has 0 aromatic heterocycles. The molecule has 8 nitrogen and oxygen atoms in total. The summed E-state index contributed by atoms with van der Waals surface area (Å²) in [7, 11) is 1.34. The van der Waals surface area contributed by atoms with E-state index in [2.05, 4.69) is 15.4 Å². The summed E-state index contributed by atoms with van der Waals surface area (Å²) in [5.74, 6) is -0.634. The van der Waals surface area contributed by atoms with Crippen LogP contribution in [0.1, 0.15) is 36.0 Å². The number of carbonyl (C=O) groups is 3. The van der Waals surface area contributed by atoms with Crippen LogP contribution >= 0.6 is 0 Å². The largest absolute Gasteiger partial charge is 0.469 e. The molecule has 0 unspecified atom stereocenters. The van der Waals surface area contributed by atoms with E-state index in [-0.39, 0.29) is 24.9 Å². The number of ether oxygens (including phenoxy) is 2. The highest BCUT2D eigenvalue weighted by Gasteiger charge is 2.15. The molecule has 1 atom stereocenters. The van der Waals surface area contributed by atoms with Gasteiger partial charge in [0.1, 0.15) is 6.61 Å². The smallest absolute Gasteiger partial charge is 0.407 e. The fourth-order valence-electron chi connectivity index (χ4n) is 3.07. The molecule has 172 valence electrons. The summed E-state index contributed by atoms with van der Waals surface area (Å²) in [6.45, 7) is 2.53.